The molecule has 1 N–H and O–H groups in total. The Labute approximate surface area is 205 Å². The number of nitrogens with zero attached hydrogens (tertiary/aromatic N) is 2. The van der Waals surface area contributed by atoms with E-state index in [9.17, 15) is 4.79 Å². The molecule has 1 aliphatic rings. The van der Waals surface area contributed by atoms with Crippen LogP contribution in [-0.4, -0.2) is 16.7 Å². The molecule has 0 fully saturated rings. The van der Waals surface area contributed by atoms with E-state index in [0.29, 0.717) is 11.3 Å². The first-order valence-electron chi connectivity index (χ1n) is 11.9. The normalized spacial score (nSPS) is 16.1. The van der Waals surface area contributed by atoms with Crippen LogP contribution in [0.15, 0.2) is 71.3 Å². The fourth-order valence-corrected chi connectivity index (χ4v) is 6.11. The number of aromatic nitrogens is 1. The number of para-hydroxylation sites is 1. The topological polar surface area (TPSA) is 46.4 Å². The second kappa shape index (κ2) is 9.22. The predicted molar refractivity (Wildman–Crippen MR) is 142 cm³/mol. The van der Waals surface area contributed by atoms with Crippen molar-refractivity contribution in [3.63, 3.8) is 0 Å². The number of carbonyl (C=O) groups excluding carboxylic acids is 1. The third kappa shape index (κ3) is 4.58. The molecular formula is C29H31N3OS. The molecule has 4 aromatic rings. The first-order valence-corrected chi connectivity index (χ1v) is 12.8. The van der Waals surface area contributed by atoms with E-state index in [1.807, 2.05) is 17.5 Å². The van der Waals surface area contributed by atoms with Gasteiger partial charge in [-0.2, -0.15) is 5.10 Å². The Balaban J connectivity index is 1.32. The van der Waals surface area contributed by atoms with E-state index in [-0.39, 0.29) is 5.91 Å². The van der Waals surface area contributed by atoms with Crippen molar-refractivity contribution in [1.29, 1.82) is 0 Å². The van der Waals surface area contributed by atoms with Crippen molar-refractivity contribution in [2.24, 2.45) is 16.4 Å². The van der Waals surface area contributed by atoms with Crippen molar-refractivity contribution in [2.75, 3.05) is 0 Å². The maximum Gasteiger partial charge on any atom is 0.272 e. The zero-order valence-electron chi connectivity index (χ0n) is 20.0. The summed E-state index contributed by atoms with van der Waals surface area (Å²) >= 11 is 1.72. The molecule has 2 aromatic carbocycles. The van der Waals surface area contributed by atoms with Crippen molar-refractivity contribution >= 4 is 34.4 Å². The minimum Gasteiger partial charge on any atom is -0.342 e. The largest absolute Gasteiger partial charge is 0.342 e. The highest BCUT2D eigenvalue weighted by Gasteiger charge is 2.31. The zero-order chi connectivity index (χ0) is 23.7. The van der Waals surface area contributed by atoms with Gasteiger partial charge >= 0.3 is 0 Å². The van der Waals surface area contributed by atoms with Gasteiger partial charge in [0.15, 0.2) is 0 Å². The van der Waals surface area contributed by atoms with E-state index in [1.165, 1.54) is 16.0 Å². The lowest BCUT2D eigenvalue weighted by Gasteiger charge is -2.33. The molecule has 1 atom stereocenters. The highest BCUT2D eigenvalue weighted by atomic mass is 32.1. The van der Waals surface area contributed by atoms with Crippen molar-refractivity contribution in [2.45, 2.75) is 46.6 Å². The zero-order valence-corrected chi connectivity index (χ0v) is 20.9. The summed E-state index contributed by atoms with van der Waals surface area (Å²) in [6.07, 6.45) is 7.04. The summed E-state index contributed by atoms with van der Waals surface area (Å²) in [5.41, 5.74) is 8.48. The second-order valence-electron chi connectivity index (χ2n) is 10.3. The summed E-state index contributed by atoms with van der Waals surface area (Å²) in [6, 6.07) is 18.7. The Kier molecular flexibility index (Phi) is 6.13. The molecule has 174 valence electrons. The molecule has 1 amide bonds. The standard InChI is InChI=1S/C29H31N3OS/c1-29(2,3)22-13-14-24-25(19-34-27(24)15-22)28(33)31-30-16-21-18-32(17-20-9-5-4-6-10-20)26-12-8-7-11-23(21)26/h4-12,16,18-19,22H,13-15,17H2,1-3H3,(H,31,33)/t22-/m0/s1. The Hall–Kier alpha value is -3.18. The number of amides is 1. The van der Waals surface area contributed by atoms with Crippen LogP contribution in [-0.2, 0) is 19.4 Å². The Morgan fingerprint density at radius 2 is 1.91 bits per heavy atom. The van der Waals surface area contributed by atoms with Crippen molar-refractivity contribution in [1.82, 2.24) is 9.99 Å². The Morgan fingerprint density at radius 1 is 1.15 bits per heavy atom. The number of hydrazone groups is 1. The van der Waals surface area contributed by atoms with E-state index in [4.69, 9.17) is 0 Å². The summed E-state index contributed by atoms with van der Waals surface area (Å²) in [7, 11) is 0. The SMILES string of the molecule is CC(C)(C)[C@H]1CCc2c(C(=O)NN=Cc3cn(Cc4ccccc4)c4ccccc34)csc2C1. The third-order valence-corrected chi connectivity index (χ3v) is 8.06. The molecule has 0 spiro atoms. The molecule has 0 aliphatic heterocycles. The first-order chi connectivity index (χ1) is 16.4. The number of rotatable bonds is 5. The number of hydrogen-bond acceptors (Lipinski definition) is 3. The highest BCUT2D eigenvalue weighted by molar-refractivity contribution is 7.10. The number of benzene rings is 2. The van der Waals surface area contributed by atoms with Crippen molar-refractivity contribution < 1.29 is 4.79 Å². The average molecular weight is 470 g/mol. The number of thiophene rings is 1. The molecule has 4 nitrogen and oxygen atoms in total. The van der Waals surface area contributed by atoms with Gasteiger partial charge < -0.3 is 4.57 Å². The highest BCUT2D eigenvalue weighted by Crippen LogP contribution is 2.40. The molecule has 34 heavy (non-hydrogen) atoms. The van der Waals surface area contributed by atoms with Gasteiger partial charge in [0.2, 0.25) is 0 Å². The van der Waals surface area contributed by atoms with Gasteiger partial charge in [0.05, 0.1) is 11.8 Å². The molecule has 0 bridgehead atoms. The van der Waals surface area contributed by atoms with Crippen LogP contribution in [0.4, 0.5) is 0 Å². The fraction of sp³-hybridized carbons (Fsp3) is 0.310. The van der Waals surface area contributed by atoms with Crippen molar-refractivity contribution in [3.05, 3.63) is 93.3 Å². The quantitative estimate of drug-likeness (QED) is 0.258. The van der Waals surface area contributed by atoms with Gasteiger partial charge in [-0.1, -0.05) is 69.3 Å². The lowest BCUT2D eigenvalue weighted by molar-refractivity contribution is 0.0954. The van der Waals surface area contributed by atoms with Crippen LogP contribution in [0.1, 0.15) is 59.1 Å². The van der Waals surface area contributed by atoms with Gasteiger partial charge in [0.1, 0.15) is 0 Å². The number of nitrogens with one attached hydrogen (secondary N) is 1. The lowest BCUT2D eigenvalue weighted by Crippen LogP contribution is -2.27. The molecule has 5 rings (SSSR count). The van der Waals surface area contributed by atoms with Crippen LogP contribution >= 0.6 is 11.3 Å². The van der Waals surface area contributed by atoms with E-state index < -0.39 is 0 Å². The van der Waals surface area contributed by atoms with Crippen LogP contribution in [0.3, 0.4) is 0 Å². The molecule has 0 saturated heterocycles. The molecule has 0 radical (unpaired) electrons. The van der Waals surface area contributed by atoms with E-state index >= 15 is 0 Å². The van der Waals surface area contributed by atoms with Crippen LogP contribution in [0, 0.1) is 11.3 Å². The van der Waals surface area contributed by atoms with E-state index in [0.717, 1.165) is 47.8 Å². The maximum absolute atomic E-state index is 12.9. The molecule has 0 saturated carbocycles. The molecule has 5 heteroatoms. The predicted octanol–water partition coefficient (Wildman–Crippen LogP) is 6.67. The van der Waals surface area contributed by atoms with Crippen LogP contribution in [0.2, 0.25) is 0 Å². The minimum atomic E-state index is -0.115. The fourth-order valence-electron chi connectivity index (χ4n) is 4.95. The summed E-state index contributed by atoms with van der Waals surface area (Å²) in [6.45, 7) is 7.73. The molecule has 1 aliphatic carbocycles. The van der Waals surface area contributed by atoms with E-state index in [2.05, 4.69) is 84.5 Å². The van der Waals surface area contributed by atoms with Gasteiger partial charge in [0, 0.05) is 39.5 Å². The minimum absolute atomic E-state index is 0.115. The van der Waals surface area contributed by atoms with Crippen LogP contribution in [0.5, 0.6) is 0 Å². The summed E-state index contributed by atoms with van der Waals surface area (Å²) in [5.74, 6) is 0.553. The number of fused-ring (bicyclic) bond motifs is 2. The summed E-state index contributed by atoms with van der Waals surface area (Å²) in [5, 5.41) is 7.47. The van der Waals surface area contributed by atoms with E-state index in [1.54, 1.807) is 17.6 Å². The van der Waals surface area contributed by atoms with Gasteiger partial charge in [-0.05, 0) is 47.8 Å². The van der Waals surface area contributed by atoms with Crippen LogP contribution < -0.4 is 5.43 Å². The molecule has 0 unspecified atom stereocenters. The molecule has 2 aromatic heterocycles. The summed E-state index contributed by atoms with van der Waals surface area (Å²) < 4.78 is 2.23. The Morgan fingerprint density at radius 3 is 2.71 bits per heavy atom. The van der Waals surface area contributed by atoms with Crippen molar-refractivity contribution in [3.8, 4) is 0 Å². The second-order valence-corrected chi connectivity index (χ2v) is 11.2. The average Bonchev–Trinajstić information content (AvgIpc) is 3.41. The number of carbonyl (C=O) groups is 1. The first kappa shape index (κ1) is 22.6. The third-order valence-electron chi connectivity index (χ3n) is 7.01. The lowest BCUT2D eigenvalue weighted by atomic mass is 9.72. The van der Waals surface area contributed by atoms with Gasteiger partial charge in [-0.3, -0.25) is 4.79 Å². The smallest absolute Gasteiger partial charge is 0.272 e. The van der Waals surface area contributed by atoms with Gasteiger partial charge in [-0.25, -0.2) is 5.43 Å². The molecule has 2 heterocycles. The number of hydrogen-bond donors (Lipinski definition) is 1. The maximum atomic E-state index is 12.9. The molecular weight excluding hydrogens is 438 g/mol. The van der Waals surface area contributed by atoms with Gasteiger partial charge in [0.25, 0.3) is 5.91 Å². The monoisotopic (exact) mass is 469 g/mol. The Bertz CT molecular complexity index is 1340. The van der Waals surface area contributed by atoms with Gasteiger partial charge in [-0.15, -0.1) is 11.3 Å². The summed E-state index contributed by atoms with van der Waals surface area (Å²) in [4.78, 5) is 14.3. The van der Waals surface area contributed by atoms with Crippen LogP contribution in [0.25, 0.3) is 10.9 Å².